The van der Waals surface area contributed by atoms with E-state index in [1.165, 1.54) is 45.4 Å². The Morgan fingerprint density at radius 2 is 1.81 bits per heavy atom. The van der Waals surface area contributed by atoms with Crippen LogP contribution in [0.2, 0.25) is 0 Å². The second-order valence-corrected chi connectivity index (χ2v) is 8.97. The monoisotopic (exact) mass is 489 g/mol. The van der Waals surface area contributed by atoms with E-state index in [1.807, 2.05) is 0 Å². The SMILES string of the molecule is CCN(CC)c1ccc(/C=C2\CCC(/C=N/NC(=O)c3ccc(=O)n(C)c3)=C2N2CCOCC2)cc1. The first-order chi connectivity index (χ1) is 17.5. The summed E-state index contributed by atoms with van der Waals surface area (Å²) in [4.78, 5) is 28.8. The molecule has 8 nitrogen and oxygen atoms in total. The third-order valence-electron chi connectivity index (χ3n) is 6.70. The van der Waals surface area contributed by atoms with Crippen LogP contribution in [0.3, 0.4) is 0 Å². The number of ether oxygens (including phenoxy) is 1. The molecule has 190 valence electrons. The molecule has 36 heavy (non-hydrogen) atoms. The lowest BCUT2D eigenvalue weighted by atomic mass is 10.1. The average molecular weight is 490 g/mol. The molecule has 4 rings (SSSR count). The molecule has 0 bridgehead atoms. The van der Waals surface area contributed by atoms with Crippen molar-refractivity contribution < 1.29 is 9.53 Å². The third kappa shape index (κ3) is 5.94. The molecule has 1 amide bonds. The molecule has 0 atom stereocenters. The van der Waals surface area contributed by atoms with Crippen LogP contribution in [0.25, 0.3) is 6.08 Å². The molecule has 0 radical (unpaired) electrons. The summed E-state index contributed by atoms with van der Waals surface area (Å²) in [7, 11) is 1.62. The van der Waals surface area contributed by atoms with E-state index >= 15 is 0 Å². The number of hydrogen-bond acceptors (Lipinski definition) is 6. The Balaban J connectivity index is 1.55. The van der Waals surface area contributed by atoms with Gasteiger partial charge in [-0.3, -0.25) is 9.59 Å². The van der Waals surface area contributed by atoms with E-state index < -0.39 is 0 Å². The molecule has 8 heteroatoms. The van der Waals surface area contributed by atoms with E-state index in [9.17, 15) is 9.59 Å². The Morgan fingerprint density at radius 3 is 2.47 bits per heavy atom. The minimum atomic E-state index is -0.350. The van der Waals surface area contributed by atoms with Crippen molar-refractivity contribution in [2.75, 3.05) is 44.3 Å². The summed E-state index contributed by atoms with van der Waals surface area (Å²) in [5, 5.41) is 4.26. The van der Waals surface area contributed by atoms with Crippen molar-refractivity contribution in [3.8, 4) is 0 Å². The predicted molar refractivity (Wildman–Crippen MR) is 144 cm³/mol. The van der Waals surface area contributed by atoms with E-state index in [0.29, 0.717) is 18.8 Å². The highest BCUT2D eigenvalue weighted by molar-refractivity contribution is 5.94. The number of carbonyl (C=O) groups is 1. The average Bonchev–Trinajstić information content (AvgIpc) is 3.29. The minimum Gasteiger partial charge on any atom is -0.378 e. The Hall–Kier alpha value is -3.65. The van der Waals surface area contributed by atoms with Gasteiger partial charge in [0.15, 0.2) is 0 Å². The quantitative estimate of drug-likeness (QED) is 0.454. The predicted octanol–water partition coefficient (Wildman–Crippen LogP) is 3.41. The molecule has 1 aromatic carbocycles. The number of anilines is 1. The summed E-state index contributed by atoms with van der Waals surface area (Å²) >= 11 is 0. The highest BCUT2D eigenvalue weighted by Crippen LogP contribution is 2.35. The maximum Gasteiger partial charge on any atom is 0.272 e. The lowest BCUT2D eigenvalue weighted by Gasteiger charge is -2.31. The van der Waals surface area contributed by atoms with Gasteiger partial charge in [-0.1, -0.05) is 12.1 Å². The van der Waals surface area contributed by atoms with E-state index in [2.05, 4.69) is 64.5 Å². The maximum absolute atomic E-state index is 12.5. The van der Waals surface area contributed by atoms with Crippen molar-refractivity contribution in [1.82, 2.24) is 14.9 Å². The number of aryl methyl sites for hydroxylation is 1. The van der Waals surface area contributed by atoms with Gasteiger partial charge in [0.05, 0.1) is 25.0 Å². The van der Waals surface area contributed by atoms with Gasteiger partial charge in [0.1, 0.15) is 0 Å². The van der Waals surface area contributed by atoms with E-state index in [4.69, 9.17) is 4.74 Å². The smallest absolute Gasteiger partial charge is 0.272 e. The molecule has 0 unspecified atom stereocenters. The highest BCUT2D eigenvalue weighted by Gasteiger charge is 2.25. The van der Waals surface area contributed by atoms with Gasteiger partial charge in [0, 0.05) is 56.9 Å². The summed E-state index contributed by atoms with van der Waals surface area (Å²) in [6, 6.07) is 11.6. The van der Waals surface area contributed by atoms with E-state index in [-0.39, 0.29) is 11.5 Å². The number of rotatable bonds is 8. The molecule has 0 saturated carbocycles. The van der Waals surface area contributed by atoms with E-state index in [0.717, 1.165) is 44.6 Å². The van der Waals surface area contributed by atoms with Crippen molar-refractivity contribution in [3.63, 3.8) is 0 Å². The molecule has 2 aromatic rings. The molecular formula is C28H35N5O3. The van der Waals surface area contributed by atoms with Crippen molar-refractivity contribution in [1.29, 1.82) is 0 Å². The number of pyridine rings is 1. The van der Waals surface area contributed by atoms with Crippen molar-refractivity contribution in [2.45, 2.75) is 26.7 Å². The summed E-state index contributed by atoms with van der Waals surface area (Å²) in [6.07, 6.45) is 7.30. The topological polar surface area (TPSA) is 79.2 Å². The summed E-state index contributed by atoms with van der Waals surface area (Å²) in [5.74, 6) is -0.350. The largest absolute Gasteiger partial charge is 0.378 e. The lowest BCUT2D eigenvalue weighted by molar-refractivity contribution is 0.0548. The molecule has 1 fully saturated rings. The van der Waals surface area contributed by atoms with Crippen molar-refractivity contribution in [2.24, 2.45) is 12.1 Å². The Morgan fingerprint density at radius 1 is 1.08 bits per heavy atom. The summed E-state index contributed by atoms with van der Waals surface area (Å²) in [6.45, 7) is 9.37. The van der Waals surface area contributed by atoms with Gasteiger partial charge in [-0.2, -0.15) is 5.10 Å². The fraction of sp³-hybridized carbons (Fsp3) is 0.393. The maximum atomic E-state index is 12.5. The van der Waals surface area contributed by atoms with Gasteiger partial charge >= 0.3 is 0 Å². The second kappa shape index (κ2) is 11.9. The fourth-order valence-electron chi connectivity index (χ4n) is 4.70. The van der Waals surface area contributed by atoms with Crippen LogP contribution in [0, 0.1) is 0 Å². The van der Waals surface area contributed by atoms with Crippen LogP contribution >= 0.6 is 0 Å². The Labute approximate surface area is 212 Å². The highest BCUT2D eigenvalue weighted by atomic mass is 16.5. The molecule has 1 N–H and O–H groups in total. The first-order valence-corrected chi connectivity index (χ1v) is 12.6. The van der Waals surface area contributed by atoms with Crippen LogP contribution in [-0.2, 0) is 11.8 Å². The first kappa shape index (κ1) is 25.4. The lowest BCUT2D eigenvalue weighted by Crippen LogP contribution is -2.36. The van der Waals surface area contributed by atoms with Gasteiger partial charge in [0.2, 0.25) is 5.56 Å². The number of hydrogen-bond donors (Lipinski definition) is 1. The summed E-state index contributed by atoms with van der Waals surface area (Å²) < 4.78 is 6.96. The van der Waals surface area contributed by atoms with Gasteiger partial charge < -0.3 is 19.1 Å². The summed E-state index contributed by atoms with van der Waals surface area (Å²) in [5.41, 5.74) is 8.80. The van der Waals surface area contributed by atoms with Gasteiger partial charge in [-0.05, 0) is 67.7 Å². The number of nitrogens with zero attached hydrogens (tertiary/aromatic N) is 4. The number of allylic oxidation sites excluding steroid dienone is 2. The van der Waals surface area contributed by atoms with Gasteiger partial charge in [-0.25, -0.2) is 5.43 Å². The van der Waals surface area contributed by atoms with Crippen LogP contribution < -0.4 is 15.9 Å². The molecule has 1 saturated heterocycles. The zero-order valence-corrected chi connectivity index (χ0v) is 21.4. The van der Waals surface area contributed by atoms with Crippen LogP contribution in [-0.4, -0.2) is 61.0 Å². The van der Waals surface area contributed by atoms with Crippen LogP contribution in [0.4, 0.5) is 5.69 Å². The minimum absolute atomic E-state index is 0.164. The number of nitrogens with one attached hydrogen (secondary N) is 1. The van der Waals surface area contributed by atoms with Gasteiger partial charge in [0.25, 0.3) is 5.91 Å². The number of carbonyl (C=O) groups excluding carboxylic acids is 1. The number of morpholine rings is 1. The van der Waals surface area contributed by atoms with Crippen LogP contribution in [0.5, 0.6) is 0 Å². The molecule has 1 aliphatic heterocycles. The molecular weight excluding hydrogens is 454 g/mol. The van der Waals surface area contributed by atoms with Crippen LogP contribution in [0.1, 0.15) is 42.6 Å². The molecule has 2 aliphatic rings. The van der Waals surface area contributed by atoms with Crippen LogP contribution in [0.15, 0.2) is 69.3 Å². The van der Waals surface area contributed by atoms with Crippen molar-refractivity contribution >= 4 is 23.9 Å². The normalized spacial score (nSPS) is 17.3. The third-order valence-corrected chi connectivity index (χ3v) is 6.70. The Kier molecular flexibility index (Phi) is 8.38. The zero-order chi connectivity index (χ0) is 25.5. The zero-order valence-electron chi connectivity index (χ0n) is 21.4. The number of aromatic nitrogens is 1. The molecule has 1 aliphatic carbocycles. The molecule has 2 heterocycles. The first-order valence-electron chi connectivity index (χ1n) is 12.6. The number of hydrazone groups is 1. The standard InChI is InChI=1S/C28H35N5O3/c1-4-32(5-2)25-11-6-21(7-12-25)18-22-8-9-23(27(22)33-14-16-36-17-15-33)19-29-30-28(35)24-10-13-26(34)31(3)20-24/h6-7,10-13,18-20H,4-5,8-9,14-17H2,1-3H3,(H,30,35)/b22-18+,29-19+. The number of amides is 1. The second-order valence-electron chi connectivity index (χ2n) is 8.97. The van der Waals surface area contributed by atoms with E-state index in [1.54, 1.807) is 13.3 Å². The fourth-order valence-corrected chi connectivity index (χ4v) is 4.70. The number of benzene rings is 1. The Bertz CT molecular complexity index is 1220. The molecule has 0 spiro atoms. The molecule has 1 aromatic heterocycles. The van der Waals surface area contributed by atoms with Crippen molar-refractivity contribution in [3.05, 3.63) is 80.9 Å². The van der Waals surface area contributed by atoms with Gasteiger partial charge in [-0.15, -0.1) is 0 Å².